The summed E-state index contributed by atoms with van der Waals surface area (Å²) in [6.45, 7) is 0. The molecule has 3 heteroatoms. The van der Waals surface area contributed by atoms with Gasteiger partial charge in [-0.25, -0.2) is 0 Å². The van der Waals surface area contributed by atoms with Crippen LogP contribution in [0.15, 0.2) is 18.2 Å². The summed E-state index contributed by atoms with van der Waals surface area (Å²) >= 11 is 5.64. The van der Waals surface area contributed by atoms with Crippen molar-refractivity contribution in [2.45, 2.75) is 0 Å². The van der Waals surface area contributed by atoms with Crippen LogP contribution >= 0.6 is 11.6 Å². The monoisotopic (exact) mass is 149 g/mol. The topological polar surface area (TPSA) is 23.8 Å². The first kappa shape index (κ1) is 7.18. The van der Waals surface area contributed by atoms with E-state index < -0.39 is 0 Å². The van der Waals surface area contributed by atoms with Gasteiger partial charge < -0.3 is 0 Å². The molecular formula is C7H5BClN. The van der Waals surface area contributed by atoms with Crippen molar-refractivity contribution in [1.29, 1.82) is 5.26 Å². The Hall–Kier alpha value is -0.935. The summed E-state index contributed by atoms with van der Waals surface area (Å²) in [5.41, 5.74) is 1.61. The molecule has 1 aromatic carbocycles. The van der Waals surface area contributed by atoms with Crippen molar-refractivity contribution >= 4 is 24.9 Å². The second-order valence-electron chi connectivity index (χ2n) is 2.07. The number of hydrogen-bond donors (Lipinski definition) is 0. The Morgan fingerprint density at radius 2 is 2.20 bits per heavy atom. The molecule has 0 N–H and O–H groups in total. The van der Waals surface area contributed by atoms with Crippen molar-refractivity contribution in [3.63, 3.8) is 0 Å². The molecule has 0 spiro atoms. The zero-order valence-corrected chi connectivity index (χ0v) is 6.31. The minimum atomic E-state index is 0.613. The summed E-state index contributed by atoms with van der Waals surface area (Å²) in [5, 5.41) is 9.15. The number of nitriles is 1. The number of hydrogen-bond acceptors (Lipinski definition) is 1. The van der Waals surface area contributed by atoms with Crippen molar-refractivity contribution in [3.8, 4) is 6.07 Å². The maximum absolute atomic E-state index is 8.53. The van der Waals surface area contributed by atoms with Gasteiger partial charge in [0.1, 0.15) is 7.85 Å². The maximum atomic E-state index is 8.53. The third-order valence-electron chi connectivity index (χ3n) is 1.32. The Bertz CT molecular complexity index is 290. The van der Waals surface area contributed by atoms with Crippen LogP contribution in [0.25, 0.3) is 0 Å². The molecule has 0 saturated carbocycles. The third-order valence-corrected chi connectivity index (χ3v) is 1.56. The lowest BCUT2D eigenvalue weighted by molar-refractivity contribution is 1.50. The summed E-state index contributed by atoms with van der Waals surface area (Å²) in [5.74, 6) is 0. The van der Waals surface area contributed by atoms with E-state index in [-0.39, 0.29) is 0 Å². The first-order chi connectivity index (χ1) is 4.74. The van der Waals surface area contributed by atoms with Gasteiger partial charge in [0.15, 0.2) is 0 Å². The van der Waals surface area contributed by atoms with E-state index in [1.807, 2.05) is 13.9 Å². The van der Waals surface area contributed by atoms with Crippen molar-refractivity contribution in [2.75, 3.05) is 0 Å². The van der Waals surface area contributed by atoms with Crippen LogP contribution < -0.4 is 5.46 Å². The largest absolute Gasteiger partial charge is 0.192 e. The van der Waals surface area contributed by atoms with E-state index in [0.717, 1.165) is 5.46 Å². The molecule has 0 aliphatic carbocycles. The Morgan fingerprint density at radius 3 is 2.70 bits per heavy atom. The lowest BCUT2D eigenvalue weighted by Gasteiger charge is -1.94. The van der Waals surface area contributed by atoms with E-state index in [1.54, 1.807) is 12.1 Å². The lowest BCUT2D eigenvalue weighted by atomic mass is 9.91. The van der Waals surface area contributed by atoms with Gasteiger partial charge >= 0.3 is 0 Å². The van der Waals surface area contributed by atoms with E-state index in [2.05, 4.69) is 6.07 Å². The Morgan fingerprint density at radius 1 is 1.50 bits per heavy atom. The van der Waals surface area contributed by atoms with E-state index in [1.165, 1.54) is 0 Å². The van der Waals surface area contributed by atoms with E-state index in [9.17, 15) is 0 Å². The highest BCUT2D eigenvalue weighted by atomic mass is 35.5. The molecule has 0 unspecified atom stereocenters. The molecule has 0 amide bonds. The average Bonchev–Trinajstić information content (AvgIpc) is 1.94. The molecule has 1 nitrogen and oxygen atoms in total. The fraction of sp³-hybridized carbons (Fsp3) is 0. The summed E-state index contributed by atoms with van der Waals surface area (Å²) in [7, 11) is 1.88. The minimum Gasteiger partial charge on any atom is -0.192 e. The van der Waals surface area contributed by atoms with Crippen molar-refractivity contribution < 1.29 is 0 Å². The van der Waals surface area contributed by atoms with Gasteiger partial charge in [-0.15, -0.1) is 0 Å². The van der Waals surface area contributed by atoms with Crippen LogP contribution in [0.5, 0.6) is 0 Å². The average molecular weight is 149 g/mol. The third kappa shape index (κ3) is 1.31. The van der Waals surface area contributed by atoms with Crippen LogP contribution in [-0.4, -0.2) is 7.85 Å². The highest BCUT2D eigenvalue weighted by Gasteiger charge is 1.95. The first-order valence-corrected chi connectivity index (χ1v) is 3.28. The number of rotatable bonds is 0. The van der Waals surface area contributed by atoms with Gasteiger partial charge in [-0.3, -0.25) is 0 Å². The summed E-state index contributed by atoms with van der Waals surface area (Å²) in [4.78, 5) is 0. The molecule has 0 atom stereocenters. The van der Waals surface area contributed by atoms with Gasteiger partial charge in [-0.1, -0.05) is 23.1 Å². The van der Waals surface area contributed by atoms with E-state index in [0.29, 0.717) is 10.6 Å². The summed E-state index contributed by atoms with van der Waals surface area (Å²) in [6.07, 6.45) is 0. The summed E-state index contributed by atoms with van der Waals surface area (Å²) in [6, 6.07) is 7.32. The summed E-state index contributed by atoms with van der Waals surface area (Å²) < 4.78 is 0. The van der Waals surface area contributed by atoms with Crippen molar-refractivity contribution in [1.82, 2.24) is 0 Å². The normalized spacial score (nSPS) is 8.80. The lowest BCUT2D eigenvalue weighted by Crippen LogP contribution is -2.06. The highest BCUT2D eigenvalue weighted by Crippen LogP contribution is 2.06. The molecule has 48 valence electrons. The number of benzene rings is 1. The molecule has 1 rings (SSSR count). The van der Waals surface area contributed by atoms with Crippen molar-refractivity contribution in [3.05, 3.63) is 28.8 Å². The smallest absolute Gasteiger partial charge is 0.141 e. The first-order valence-electron chi connectivity index (χ1n) is 2.90. The van der Waals surface area contributed by atoms with Crippen LogP contribution in [0.1, 0.15) is 5.56 Å². The van der Waals surface area contributed by atoms with E-state index in [4.69, 9.17) is 16.9 Å². The van der Waals surface area contributed by atoms with Crippen LogP contribution in [0.2, 0.25) is 5.02 Å². The Kier molecular flexibility index (Phi) is 1.98. The molecule has 0 bridgehead atoms. The SMILES string of the molecule is Bc1ccc(Cl)cc1C#N. The van der Waals surface area contributed by atoms with Crippen LogP contribution in [0.4, 0.5) is 0 Å². The molecule has 0 radical (unpaired) electrons. The van der Waals surface area contributed by atoms with Gasteiger partial charge in [0, 0.05) is 10.6 Å². The predicted octanol–water partition coefficient (Wildman–Crippen LogP) is 0.470. The second-order valence-corrected chi connectivity index (χ2v) is 2.51. The molecule has 0 aromatic heterocycles. The molecule has 0 aliphatic heterocycles. The fourth-order valence-corrected chi connectivity index (χ4v) is 0.887. The van der Waals surface area contributed by atoms with Crippen LogP contribution in [0, 0.1) is 11.3 Å². The molecule has 0 aliphatic rings. The molecule has 0 fully saturated rings. The maximum Gasteiger partial charge on any atom is 0.141 e. The molecule has 0 heterocycles. The van der Waals surface area contributed by atoms with Gasteiger partial charge in [0.25, 0.3) is 0 Å². The molecule has 10 heavy (non-hydrogen) atoms. The zero-order chi connectivity index (χ0) is 7.56. The zero-order valence-electron chi connectivity index (χ0n) is 5.56. The van der Waals surface area contributed by atoms with Crippen LogP contribution in [-0.2, 0) is 0 Å². The predicted molar refractivity (Wildman–Crippen MR) is 44.3 cm³/mol. The molecule has 0 saturated heterocycles. The number of halogens is 1. The fourth-order valence-electron chi connectivity index (χ4n) is 0.715. The number of nitrogens with zero attached hydrogens (tertiary/aromatic N) is 1. The van der Waals surface area contributed by atoms with Gasteiger partial charge in [0.2, 0.25) is 0 Å². The minimum absolute atomic E-state index is 0.613. The molecule has 1 aromatic rings. The van der Waals surface area contributed by atoms with Gasteiger partial charge in [0.05, 0.1) is 6.07 Å². The Balaban J connectivity index is 3.25. The van der Waals surface area contributed by atoms with E-state index >= 15 is 0 Å². The second kappa shape index (κ2) is 2.77. The Labute approximate surface area is 65.6 Å². The molecular weight excluding hydrogens is 144 g/mol. The van der Waals surface area contributed by atoms with Crippen LogP contribution in [0.3, 0.4) is 0 Å². The highest BCUT2D eigenvalue weighted by molar-refractivity contribution is 6.35. The van der Waals surface area contributed by atoms with Gasteiger partial charge in [-0.2, -0.15) is 5.26 Å². The van der Waals surface area contributed by atoms with Crippen molar-refractivity contribution in [2.24, 2.45) is 0 Å². The van der Waals surface area contributed by atoms with Gasteiger partial charge in [-0.05, 0) is 12.1 Å². The quantitative estimate of drug-likeness (QED) is 0.492. The standard InChI is InChI=1S/C7H5BClN/c8-7-2-1-6(9)3-5(7)4-10/h1-3H,8H2.